The van der Waals surface area contributed by atoms with Crippen LogP contribution < -0.4 is 15.0 Å². The summed E-state index contributed by atoms with van der Waals surface area (Å²) in [6.07, 6.45) is 0. The van der Waals surface area contributed by atoms with Crippen LogP contribution in [0.5, 0.6) is 5.75 Å². The molecule has 1 aliphatic rings. The molecular weight excluding hydrogens is 310 g/mol. The van der Waals surface area contributed by atoms with E-state index in [1.807, 2.05) is 18.2 Å². The molecule has 124 valence electrons. The van der Waals surface area contributed by atoms with Gasteiger partial charge in [-0.25, -0.2) is 0 Å². The molecule has 7 nitrogen and oxygen atoms in total. The molecule has 3 rings (SSSR count). The lowest BCUT2D eigenvalue weighted by atomic mass is 10.1. The first-order valence-corrected chi connectivity index (χ1v) is 7.46. The number of amides is 1. The van der Waals surface area contributed by atoms with Crippen molar-refractivity contribution < 1.29 is 14.5 Å². The molecule has 0 aliphatic carbocycles. The Labute approximate surface area is 139 Å². The van der Waals surface area contributed by atoms with Crippen molar-refractivity contribution in [1.82, 2.24) is 0 Å². The number of hydrogen-bond acceptors (Lipinski definition) is 5. The second-order valence-corrected chi connectivity index (χ2v) is 5.56. The molecule has 2 aromatic carbocycles. The molecule has 0 fully saturated rings. The van der Waals surface area contributed by atoms with Gasteiger partial charge in [0.05, 0.1) is 30.3 Å². The lowest BCUT2D eigenvalue weighted by Crippen LogP contribution is -2.28. The summed E-state index contributed by atoms with van der Waals surface area (Å²) in [6.45, 7) is 2.02. The first kappa shape index (κ1) is 15.8. The number of carbonyl (C=O) groups excluding carboxylic acids is 1. The first-order valence-electron chi connectivity index (χ1n) is 7.46. The molecule has 1 unspecified atom stereocenters. The fourth-order valence-corrected chi connectivity index (χ4v) is 2.86. The number of nitro groups is 1. The monoisotopic (exact) mass is 327 g/mol. The van der Waals surface area contributed by atoms with Crippen LogP contribution in [-0.2, 0) is 4.79 Å². The van der Waals surface area contributed by atoms with Crippen LogP contribution in [0.2, 0.25) is 0 Å². The Hall–Kier alpha value is -3.09. The second-order valence-electron chi connectivity index (χ2n) is 5.56. The van der Waals surface area contributed by atoms with E-state index >= 15 is 0 Å². The summed E-state index contributed by atoms with van der Waals surface area (Å²) >= 11 is 0. The number of methoxy groups -OCH3 is 1. The van der Waals surface area contributed by atoms with Gasteiger partial charge in [0.15, 0.2) is 0 Å². The number of fused-ring (bicyclic) bond motifs is 1. The minimum Gasteiger partial charge on any atom is -0.497 e. The molecule has 0 spiro atoms. The average molecular weight is 327 g/mol. The minimum absolute atomic E-state index is 0.0440. The zero-order chi connectivity index (χ0) is 17.3. The fraction of sp³-hybridized carbons (Fsp3) is 0.235. The Morgan fingerprint density at radius 3 is 2.58 bits per heavy atom. The maximum absolute atomic E-state index is 11.9. The molecule has 1 N–H and O–H groups in total. The van der Waals surface area contributed by atoms with Gasteiger partial charge in [-0.05, 0) is 18.2 Å². The van der Waals surface area contributed by atoms with Gasteiger partial charge in [0, 0.05) is 36.4 Å². The predicted molar refractivity (Wildman–Crippen MR) is 90.5 cm³/mol. The summed E-state index contributed by atoms with van der Waals surface area (Å²) in [5, 5.41) is 14.1. The fourth-order valence-electron chi connectivity index (χ4n) is 2.86. The van der Waals surface area contributed by atoms with E-state index < -0.39 is 4.92 Å². The number of nitrogens with zero attached hydrogens (tertiary/aromatic N) is 2. The van der Waals surface area contributed by atoms with E-state index in [-0.39, 0.29) is 17.6 Å². The highest BCUT2D eigenvalue weighted by atomic mass is 16.6. The van der Waals surface area contributed by atoms with Gasteiger partial charge >= 0.3 is 0 Å². The highest BCUT2D eigenvalue weighted by Crippen LogP contribution is 2.39. The molecule has 2 aromatic rings. The van der Waals surface area contributed by atoms with Gasteiger partial charge in [-0.1, -0.05) is 6.07 Å². The third-order valence-electron chi connectivity index (χ3n) is 4.07. The molecular formula is C17H17N3O4. The molecule has 0 saturated carbocycles. The number of hydrogen-bond donors (Lipinski definition) is 1. The molecule has 1 amide bonds. The number of benzene rings is 2. The van der Waals surface area contributed by atoms with Crippen LogP contribution in [-0.4, -0.2) is 24.5 Å². The third-order valence-corrected chi connectivity index (χ3v) is 4.07. The van der Waals surface area contributed by atoms with Crippen molar-refractivity contribution in [2.24, 2.45) is 0 Å². The Kier molecular flexibility index (Phi) is 4.07. The quantitative estimate of drug-likeness (QED) is 0.689. The van der Waals surface area contributed by atoms with E-state index in [0.717, 1.165) is 16.9 Å². The van der Waals surface area contributed by atoms with Crippen LogP contribution in [0, 0.1) is 10.1 Å². The van der Waals surface area contributed by atoms with E-state index in [4.69, 9.17) is 4.74 Å². The number of nitrogens with one attached hydrogen (secondary N) is 1. The van der Waals surface area contributed by atoms with Crippen LogP contribution in [0.3, 0.4) is 0 Å². The maximum Gasteiger partial charge on any atom is 0.269 e. The summed E-state index contributed by atoms with van der Waals surface area (Å²) in [4.78, 5) is 23.9. The Morgan fingerprint density at radius 1 is 1.29 bits per heavy atom. The Balaban J connectivity index is 1.87. The topological polar surface area (TPSA) is 84.7 Å². The standard InChI is InChI=1S/C17H17N3O4/c1-11(21)19-10-16(15-8-7-14(24-2)9-17(15)19)18-12-3-5-13(6-4-12)20(22)23/h3-9,16,18H,10H2,1-2H3. The Bertz CT molecular complexity index is 789. The average Bonchev–Trinajstić information content (AvgIpc) is 2.93. The van der Waals surface area contributed by atoms with Crippen LogP contribution >= 0.6 is 0 Å². The van der Waals surface area contributed by atoms with Crippen LogP contribution in [0.4, 0.5) is 17.1 Å². The molecule has 7 heteroatoms. The molecule has 1 heterocycles. The van der Waals surface area contributed by atoms with Gasteiger partial charge in [0.2, 0.25) is 5.91 Å². The van der Waals surface area contributed by atoms with Crippen LogP contribution in [0.1, 0.15) is 18.5 Å². The highest BCUT2D eigenvalue weighted by Gasteiger charge is 2.31. The van der Waals surface area contributed by atoms with Gasteiger partial charge in [-0.15, -0.1) is 0 Å². The van der Waals surface area contributed by atoms with E-state index in [1.54, 1.807) is 24.1 Å². The number of anilines is 2. The van der Waals surface area contributed by atoms with Crippen molar-refractivity contribution in [3.05, 3.63) is 58.1 Å². The normalized spacial score (nSPS) is 15.8. The number of rotatable bonds is 4. The smallest absolute Gasteiger partial charge is 0.269 e. The zero-order valence-electron chi connectivity index (χ0n) is 13.4. The summed E-state index contributed by atoms with van der Waals surface area (Å²) in [6, 6.07) is 11.8. The van der Waals surface area contributed by atoms with Crippen LogP contribution in [0.25, 0.3) is 0 Å². The maximum atomic E-state index is 11.9. The van der Waals surface area contributed by atoms with Gasteiger partial charge < -0.3 is 15.0 Å². The van der Waals surface area contributed by atoms with Crippen molar-refractivity contribution in [3.8, 4) is 5.75 Å². The predicted octanol–water partition coefficient (Wildman–Crippen LogP) is 3.12. The van der Waals surface area contributed by atoms with E-state index in [9.17, 15) is 14.9 Å². The number of nitro benzene ring substituents is 1. The summed E-state index contributed by atoms with van der Waals surface area (Å²) in [5.74, 6) is 0.647. The summed E-state index contributed by atoms with van der Waals surface area (Å²) in [7, 11) is 1.58. The lowest BCUT2D eigenvalue weighted by Gasteiger charge is -2.16. The SMILES string of the molecule is COc1ccc2c(c1)N(C(C)=O)CC2Nc1ccc([N+](=O)[O-])cc1. The van der Waals surface area contributed by atoms with Gasteiger partial charge in [0.25, 0.3) is 5.69 Å². The molecule has 0 bridgehead atoms. The zero-order valence-corrected chi connectivity index (χ0v) is 13.4. The van der Waals surface area contributed by atoms with E-state index in [2.05, 4.69) is 5.32 Å². The van der Waals surface area contributed by atoms with Gasteiger partial charge in [-0.3, -0.25) is 14.9 Å². The highest BCUT2D eigenvalue weighted by molar-refractivity contribution is 5.94. The van der Waals surface area contributed by atoms with E-state index in [1.165, 1.54) is 19.1 Å². The summed E-state index contributed by atoms with van der Waals surface area (Å²) in [5.41, 5.74) is 2.62. The van der Waals surface area contributed by atoms with Crippen molar-refractivity contribution in [2.75, 3.05) is 23.9 Å². The third kappa shape index (κ3) is 2.88. The number of non-ortho nitro benzene ring substituents is 1. The molecule has 0 saturated heterocycles. The van der Waals surface area contributed by atoms with Crippen molar-refractivity contribution in [1.29, 1.82) is 0 Å². The Morgan fingerprint density at radius 2 is 2.00 bits per heavy atom. The molecule has 0 radical (unpaired) electrons. The van der Waals surface area contributed by atoms with Crippen LogP contribution in [0.15, 0.2) is 42.5 Å². The van der Waals surface area contributed by atoms with Gasteiger partial charge in [0.1, 0.15) is 5.75 Å². The molecule has 1 aliphatic heterocycles. The number of carbonyl (C=O) groups is 1. The molecule has 1 atom stereocenters. The summed E-state index contributed by atoms with van der Waals surface area (Å²) < 4.78 is 5.23. The van der Waals surface area contributed by atoms with Crippen molar-refractivity contribution in [3.63, 3.8) is 0 Å². The van der Waals surface area contributed by atoms with Crippen molar-refractivity contribution >= 4 is 23.0 Å². The molecule has 24 heavy (non-hydrogen) atoms. The van der Waals surface area contributed by atoms with E-state index in [0.29, 0.717) is 12.3 Å². The van der Waals surface area contributed by atoms with Gasteiger partial charge in [-0.2, -0.15) is 0 Å². The number of ether oxygens (including phenoxy) is 1. The first-order chi connectivity index (χ1) is 11.5. The second kappa shape index (κ2) is 6.19. The largest absolute Gasteiger partial charge is 0.497 e. The van der Waals surface area contributed by atoms with Crippen molar-refractivity contribution in [2.45, 2.75) is 13.0 Å². The molecule has 0 aromatic heterocycles. The minimum atomic E-state index is -0.432. The lowest BCUT2D eigenvalue weighted by molar-refractivity contribution is -0.384.